The summed E-state index contributed by atoms with van der Waals surface area (Å²) >= 11 is 0. The summed E-state index contributed by atoms with van der Waals surface area (Å²) in [4.78, 5) is 22.5. The van der Waals surface area contributed by atoms with Gasteiger partial charge in [-0.15, -0.1) is 0 Å². The zero-order valence-corrected chi connectivity index (χ0v) is 17.8. The number of aryl methyl sites for hydroxylation is 1. The first-order valence-electron chi connectivity index (χ1n) is 10.2. The minimum atomic E-state index is -0.455. The van der Waals surface area contributed by atoms with Crippen molar-refractivity contribution in [2.24, 2.45) is 0 Å². The monoisotopic (exact) mass is 401 g/mol. The second-order valence-electron chi connectivity index (χ2n) is 8.38. The molecule has 0 unspecified atom stereocenters. The molecule has 7 heteroatoms. The van der Waals surface area contributed by atoms with Gasteiger partial charge >= 0.3 is 6.09 Å². The van der Waals surface area contributed by atoms with Crippen molar-refractivity contribution in [1.29, 1.82) is 0 Å². The molecule has 1 amide bonds. The Hall–Kier alpha value is -2.41. The van der Waals surface area contributed by atoms with E-state index in [0.717, 1.165) is 48.2 Å². The molecule has 0 N–H and O–H groups in total. The number of hydrogen-bond donors (Lipinski definition) is 0. The van der Waals surface area contributed by atoms with Crippen LogP contribution >= 0.6 is 0 Å². The second-order valence-corrected chi connectivity index (χ2v) is 8.38. The normalized spacial score (nSPS) is 14.7. The molecule has 158 valence electrons. The van der Waals surface area contributed by atoms with Crippen molar-refractivity contribution < 1.29 is 19.0 Å². The minimum Gasteiger partial charge on any atom is -0.496 e. The third-order valence-electron chi connectivity index (χ3n) is 4.75. The highest BCUT2D eigenvalue weighted by Crippen LogP contribution is 2.24. The number of methoxy groups -OCH3 is 1. The maximum Gasteiger partial charge on any atom is 0.410 e. The molecular weight excluding hydrogens is 370 g/mol. The van der Waals surface area contributed by atoms with Crippen molar-refractivity contribution in [1.82, 2.24) is 14.9 Å². The Morgan fingerprint density at radius 2 is 2.03 bits per heavy atom. The first-order valence-corrected chi connectivity index (χ1v) is 10.2. The summed E-state index contributed by atoms with van der Waals surface area (Å²) in [5.74, 6) is 0.820. The number of hydrogen-bond acceptors (Lipinski definition) is 6. The van der Waals surface area contributed by atoms with Gasteiger partial charge in [0.05, 0.1) is 31.7 Å². The molecule has 0 saturated carbocycles. The van der Waals surface area contributed by atoms with E-state index >= 15 is 0 Å². The zero-order valence-electron chi connectivity index (χ0n) is 17.8. The number of carbonyl (C=O) groups is 1. The van der Waals surface area contributed by atoms with Crippen LogP contribution in [0.15, 0.2) is 24.4 Å². The van der Waals surface area contributed by atoms with Crippen LogP contribution in [-0.4, -0.2) is 59.5 Å². The molecule has 2 aromatic heterocycles. The van der Waals surface area contributed by atoms with Crippen molar-refractivity contribution in [2.75, 3.05) is 26.8 Å². The van der Waals surface area contributed by atoms with E-state index in [9.17, 15) is 4.79 Å². The van der Waals surface area contributed by atoms with Gasteiger partial charge in [0.15, 0.2) is 5.65 Å². The number of aromatic nitrogens is 2. The van der Waals surface area contributed by atoms with E-state index in [1.165, 1.54) is 0 Å². The Kier molecular flexibility index (Phi) is 6.90. The molecule has 29 heavy (non-hydrogen) atoms. The van der Waals surface area contributed by atoms with Gasteiger partial charge in [-0.1, -0.05) is 6.42 Å². The lowest BCUT2D eigenvalue weighted by Gasteiger charge is -2.39. The van der Waals surface area contributed by atoms with E-state index in [0.29, 0.717) is 19.7 Å². The Morgan fingerprint density at radius 1 is 1.24 bits per heavy atom. The predicted octanol–water partition coefficient (Wildman–Crippen LogP) is 3.99. The molecule has 3 rings (SSSR count). The number of amides is 1. The second kappa shape index (κ2) is 9.39. The van der Waals surface area contributed by atoms with Gasteiger partial charge in [-0.2, -0.15) is 0 Å². The van der Waals surface area contributed by atoms with E-state index < -0.39 is 5.60 Å². The van der Waals surface area contributed by atoms with Crippen molar-refractivity contribution in [3.63, 3.8) is 0 Å². The number of fused-ring (bicyclic) bond motifs is 1. The lowest BCUT2D eigenvalue weighted by molar-refractivity contribution is -0.0637. The molecular formula is C22H31N3O4. The molecule has 0 aliphatic carbocycles. The largest absolute Gasteiger partial charge is 0.496 e. The number of carbonyl (C=O) groups excluding carboxylic acids is 1. The van der Waals surface area contributed by atoms with Crippen molar-refractivity contribution in [2.45, 2.75) is 58.2 Å². The van der Waals surface area contributed by atoms with E-state index in [1.54, 1.807) is 18.2 Å². The molecule has 1 aliphatic heterocycles. The Labute approximate surface area is 172 Å². The number of unbranched alkanes of at least 4 members (excludes halogenated alkanes) is 2. The standard InChI is InChI=1S/C22H31N3O4/c1-22(2,3)29-21(26)25-14-17(15-25)28-12-7-5-6-9-16-13-19(27-4)18-10-8-11-23-20(18)24-16/h8,10-11,13,17H,5-7,9,12,14-15H2,1-4H3. The number of nitrogens with zero attached hydrogens (tertiary/aromatic N) is 3. The van der Waals surface area contributed by atoms with E-state index in [2.05, 4.69) is 9.97 Å². The van der Waals surface area contributed by atoms with Crippen LogP contribution in [0.2, 0.25) is 0 Å². The molecule has 3 heterocycles. The molecule has 1 saturated heterocycles. The van der Waals surface area contributed by atoms with Crippen LogP contribution in [0.1, 0.15) is 45.7 Å². The molecule has 0 spiro atoms. The number of likely N-dealkylation sites (tertiary alicyclic amines) is 1. The lowest BCUT2D eigenvalue weighted by atomic mass is 10.1. The Bertz CT molecular complexity index is 828. The summed E-state index contributed by atoms with van der Waals surface area (Å²) in [7, 11) is 1.67. The van der Waals surface area contributed by atoms with Crippen LogP contribution in [-0.2, 0) is 15.9 Å². The predicted molar refractivity (Wildman–Crippen MR) is 111 cm³/mol. The van der Waals surface area contributed by atoms with Crippen LogP contribution in [0.25, 0.3) is 11.0 Å². The SMILES string of the molecule is COc1cc(CCCCCOC2CN(C(=O)OC(C)(C)C)C2)nc2ncccc12. The van der Waals surface area contributed by atoms with Crippen LogP contribution in [0.5, 0.6) is 5.75 Å². The van der Waals surface area contributed by atoms with Crippen LogP contribution in [0, 0.1) is 0 Å². The summed E-state index contributed by atoms with van der Waals surface area (Å²) in [6, 6.07) is 5.86. The van der Waals surface area contributed by atoms with Gasteiger partial charge in [0.25, 0.3) is 0 Å². The first-order chi connectivity index (χ1) is 13.9. The van der Waals surface area contributed by atoms with Gasteiger partial charge < -0.3 is 19.1 Å². The van der Waals surface area contributed by atoms with Crippen molar-refractivity contribution >= 4 is 17.1 Å². The molecule has 0 radical (unpaired) electrons. The summed E-state index contributed by atoms with van der Waals surface area (Å²) in [5.41, 5.74) is 1.27. The van der Waals surface area contributed by atoms with Gasteiger partial charge in [-0.25, -0.2) is 14.8 Å². The highest BCUT2D eigenvalue weighted by Gasteiger charge is 2.34. The maximum atomic E-state index is 11.9. The average Bonchev–Trinajstić information content (AvgIpc) is 2.63. The van der Waals surface area contributed by atoms with E-state index in [4.69, 9.17) is 14.2 Å². The highest BCUT2D eigenvalue weighted by molar-refractivity contribution is 5.81. The van der Waals surface area contributed by atoms with Gasteiger partial charge in [0.1, 0.15) is 11.4 Å². The fourth-order valence-electron chi connectivity index (χ4n) is 3.23. The third kappa shape index (κ3) is 6.03. The maximum absolute atomic E-state index is 11.9. The summed E-state index contributed by atoms with van der Waals surface area (Å²) in [6.45, 7) is 7.56. The van der Waals surface area contributed by atoms with E-state index in [1.807, 2.05) is 39.0 Å². The van der Waals surface area contributed by atoms with Gasteiger partial charge in [-0.05, 0) is 52.2 Å². The zero-order chi connectivity index (χ0) is 20.9. The number of rotatable bonds is 8. The van der Waals surface area contributed by atoms with Crippen molar-refractivity contribution in [3.8, 4) is 5.75 Å². The van der Waals surface area contributed by atoms with E-state index in [-0.39, 0.29) is 12.2 Å². The quantitative estimate of drug-likeness (QED) is 0.623. The number of ether oxygens (including phenoxy) is 3. The van der Waals surface area contributed by atoms with Crippen LogP contribution in [0.4, 0.5) is 4.79 Å². The summed E-state index contributed by atoms with van der Waals surface area (Å²) in [6.07, 6.45) is 5.59. The van der Waals surface area contributed by atoms with Gasteiger partial charge in [0, 0.05) is 24.6 Å². The molecule has 7 nitrogen and oxygen atoms in total. The Balaban J connectivity index is 1.31. The fraction of sp³-hybridized carbons (Fsp3) is 0.591. The summed E-state index contributed by atoms with van der Waals surface area (Å²) < 4.78 is 16.7. The van der Waals surface area contributed by atoms with Crippen LogP contribution in [0.3, 0.4) is 0 Å². The third-order valence-corrected chi connectivity index (χ3v) is 4.75. The molecule has 1 aliphatic rings. The average molecular weight is 402 g/mol. The molecule has 2 aromatic rings. The summed E-state index contributed by atoms with van der Waals surface area (Å²) in [5, 5.41) is 0.938. The smallest absolute Gasteiger partial charge is 0.410 e. The first kappa shape index (κ1) is 21.3. The highest BCUT2D eigenvalue weighted by atomic mass is 16.6. The number of pyridine rings is 2. The van der Waals surface area contributed by atoms with Gasteiger partial charge in [-0.3, -0.25) is 0 Å². The Morgan fingerprint density at radius 3 is 2.76 bits per heavy atom. The fourth-order valence-corrected chi connectivity index (χ4v) is 3.23. The molecule has 1 fully saturated rings. The molecule has 0 atom stereocenters. The molecule has 0 aromatic carbocycles. The molecule has 0 bridgehead atoms. The van der Waals surface area contributed by atoms with Crippen LogP contribution < -0.4 is 4.74 Å². The minimum absolute atomic E-state index is 0.125. The van der Waals surface area contributed by atoms with Crippen molar-refractivity contribution in [3.05, 3.63) is 30.1 Å². The van der Waals surface area contributed by atoms with Gasteiger partial charge in [0.2, 0.25) is 0 Å². The topological polar surface area (TPSA) is 73.8 Å². The lowest BCUT2D eigenvalue weighted by Crippen LogP contribution is -2.55.